The first-order chi connectivity index (χ1) is 11.5. The molecule has 0 spiro atoms. The standard InChI is InChI=1S/C18H23FN4O/c1-13-17(14(2)21(3)20-13)18(24)23-9-7-22(8-10-23)12-15-5-4-6-16(19)11-15/h4-6,11H,7-10,12H2,1-3H3. The number of hydrogen-bond acceptors (Lipinski definition) is 3. The largest absolute Gasteiger partial charge is 0.336 e. The van der Waals surface area contributed by atoms with Gasteiger partial charge in [0.2, 0.25) is 0 Å². The van der Waals surface area contributed by atoms with Crippen LogP contribution >= 0.6 is 0 Å². The number of amides is 1. The second-order valence-electron chi connectivity index (χ2n) is 6.37. The van der Waals surface area contributed by atoms with Crippen LogP contribution in [0.4, 0.5) is 4.39 Å². The van der Waals surface area contributed by atoms with Crippen molar-refractivity contribution in [3.63, 3.8) is 0 Å². The first kappa shape index (κ1) is 16.6. The van der Waals surface area contributed by atoms with Gasteiger partial charge in [-0.3, -0.25) is 14.4 Å². The Labute approximate surface area is 141 Å². The topological polar surface area (TPSA) is 41.4 Å². The number of carbonyl (C=O) groups excluding carboxylic acids is 1. The molecule has 0 aliphatic carbocycles. The summed E-state index contributed by atoms with van der Waals surface area (Å²) in [5.74, 6) is -0.146. The fourth-order valence-electron chi connectivity index (χ4n) is 3.24. The second-order valence-corrected chi connectivity index (χ2v) is 6.37. The highest BCUT2D eigenvalue weighted by atomic mass is 19.1. The Morgan fingerprint density at radius 1 is 1.21 bits per heavy atom. The van der Waals surface area contributed by atoms with E-state index >= 15 is 0 Å². The molecular weight excluding hydrogens is 307 g/mol. The summed E-state index contributed by atoms with van der Waals surface area (Å²) in [6.45, 7) is 7.46. The van der Waals surface area contributed by atoms with Gasteiger partial charge in [0.05, 0.1) is 11.3 Å². The molecule has 6 heteroatoms. The van der Waals surface area contributed by atoms with Crippen molar-refractivity contribution in [2.45, 2.75) is 20.4 Å². The Morgan fingerprint density at radius 2 is 1.92 bits per heavy atom. The summed E-state index contributed by atoms with van der Waals surface area (Å²) < 4.78 is 15.0. The molecule has 1 saturated heterocycles. The zero-order chi connectivity index (χ0) is 17.3. The lowest BCUT2D eigenvalue weighted by Crippen LogP contribution is -2.48. The van der Waals surface area contributed by atoms with Gasteiger partial charge in [-0.2, -0.15) is 5.10 Å². The third-order valence-electron chi connectivity index (χ3n) is 4.68. The molecule has 1 fully saturated rings. The molecule has 3 rings (SSSR count). The number of nitrogens with zero attached hydrogens (tertiary/aromatic N) is 4. The number of halogens is 1. The zero-order valence-corrected chi connectivity index (χ0v) is 14.4. The van der Waals surface area contributed by atoms with Crippen molar-refractivity contribution < 1.29 is 9.18 Å². The van der Waals surface area contributed by atoms with Crippen molar-refractivity contribution in [2.75, 3.05) is 26.2 Å². The van der Waals surface area contributed by atoms with Crippen LogP contribution in [0.3, 0.4) is 0 Å². The van der Waals surface area contributed by atoms with Gasteiger partial charge in [0.25, 0.3) is 5.91 Å². The van der Waals surface area contributed by atoms with Gasteiger partial charge in [-0.05, 0) is 31.5 Å². The van der Waals surface area contributed by atoms with Crippen molar-refractivity contribution in [3.05, 3.63) is 52.6 Å². The number of piperazine rings is 1. The van der Waals surface area contributed by atoms with Crippen LogP contribution in [0.1, 0.15) is 27.3 Å². The van der Waals surface area contributed by atoms with Crippen molar-refractivity contribution in [1.29, 1.82) is 0 Å². The molecule has 2 heterocycles. The third-order valence-corrected chi connectivity index (χ3v) is 4.68. The van der Waals surface area contributed by atoms with Gasteiger partial charge in [0, 0.05) is 45.5 Å². The maximum absolute atomic E-state index is 13.3. The molecule has 0 bridgehead atoms. The van der Waals surface area contributed by atoms with E-state index in [9.17, 15) is 9.18 Å². The number of aromatic nitrogens is 2. The summed E-state index contributed by atoms with van der Waals surface area (Å²) in [6.07, 6.45) is 0. The van der Waals surface area contributed by atoms with Gasteiger partial charge in [0.1, 0.15) is 5.82 Å². The predicted molar refractivity (Wildman–Crippen MR) is 90.3 cm³/mol. The van der Waals surface area contributed by atoms with Gasteiger partial charge in [-0.1, -0.05) is 12.1 Å². The SMILES string of the molecule is Cc1nn(C)c(C)c1C(=O)N1CCN(Cc2cccc(F)c2)CC1. The second kappa shape index (κ2) is 6.73. The monoisotopic (exact) mass is 330 g/mol. The molecule has 1 aromatic carbocycles. The fraction of sp³-hybridized carbons (Fsp3) is 0.444. The van der Waals surface area contributed by atoms with Crippen LogP contribution in [0.25, 0.3) is 0 Å². The lowest BCUT2D eigenvalue weighted by atomic mass is 10.1. The molecule has 0 saturated carbocycles. The molecule has 5 nitrogen and oxygen atoms in total. The van der Waals surface area contributed by atoms with Crippen LogP contribution in [0.15, 0.2) is 24.3 Å². The predicted octanol–water partition coefficient (Wildman–Crippen LogP) is 2.13. The van der Waals surface area contributed by atoms with E-state index in [1.54, 1.807) is 16.8 Å². The van der Waals surface area contributed by atoms with Crippen LogP contribution in [0, 0.1) is 19.7 Å². The Morgan fingerprint density at radius 3 is 2.50 bits per heavy atom. The van der Waals surface area contributed by atoms with E-state index in [0.717, 1.165) is 35.6 Å². The maximum atomic E-state index is 13.3. The average molecular weight is 330 g/mol. The summed E-state index contributed by atoms with van der Waals surface area (Å²) >= 11 is 0. The molecule has 0 N–H and O–H groups in total. The Bertz CT molecular complexity index is 747. The minimum absolute atomic E-state index is 0.0588. The fourth-order valence-corrected chi connectivity index (χ4v) is 3.24. The minimum atomic E-state index is -0.205. The normalized spacial score (nSPS) is 15.8. The van der Waals surface area contributed by atoms with E-state index < -0.39 is 0 Å². The van der Waals surface area contributed by atoms with Gasteiger partial charge in [0.15, 0.2) is 0 Å². The smallest absolute Gasteiger partial charge is 0.257 e. The quantitative estimate of drug-likeness (QED) is 0.866. The average Bonchev–Trinajstić information content (AvgIpc) is 2.80. The number of carbonyl (C=O) groups is 1. The molecule has 1 aliphatic rings. The lowest BCUT2D eigenvalue weighted by molar-refractivity contribution is 0.0627. The van der Waals surface area contributed by atoms with E-state index in [2.05, 4.69) is 10.00 Å². The molecule has 1 aromatic heterocycles. The number of aryl methyl sites for hydroxylation is 2. The van der Waals surface area contributed by atoms with Crippen LogP contribution < -0.4 is 0 Å². The van der Waals surface area contributed by atoms with Crippen molar-refractivity contribution in [2.24, 2.45) is 7.05 Å². The van der Waals surface area contributed by atoms with Crippen molar-refractivity contribution >= 4 is 5.91 Å². The van der Waals surface area contributed by atoms with E-state index in [4.69, 9.17) is 0 Å². The molecule has 24 heavy (non-hydrogen) atoms. The highest BCUT2D eigenvalue weighted by Gasteiger charge is 2.26. The summed E-state index contributed by atoms with van der Waals surface area (Å²) in [7, 11) is 1.86. The summed E-state index contributed by atoms with van der Waals surface area (Å²) in [5.41, 5.74) is 3.37. The molecular formula is C18H23FN4O. The highest BCUT2D eigenvalue weighted by Crippen LogP contribution is 2.17. The number of rotatable bonds is 3. The summed E-state index contributed by atoms with van der Waals surface area (Å²) in [6, 6.07) is 6.69. The molecule has 0 atom stereocenters. The van der Waals surface area contributed by atoms with Crippen LogP contribution in [0.5, 0.6) is 0 Å². The Hall–Kier alpha value is -2.21. The van der Waals surface area contributed by atoms with E-state index in [-0.39, 0.29) is 11.7 Å². The zero-order valence-electron chi connectivity index (χ0n) is 14.4. The minimum Gasteiger partial charge on any atom is -0.336 e. The van der Waals surface area contributed by atoms with Gasteiger partial charge in [-0.25, -0.2) is 4.39 Å². The van der Waals surface area contributed by atoms with Gasteiger partial charge < -0.3 is 4.90 Å². The lowest BCUT2D eigenvalue weighted by Gasteiger charge is -2.34. The van der Waals surface area contributed by atoms with Gasteiger partial charge >= 0.3 is 0 Å². The summed E-state index contributed by atoms with van der Waals surface area (Å²) in [5, 5.41) is 4.33. The molecule has 0 radical (unpaired) electrons. The third kappa shape index (κ3) is 3.33. The van der Waals surface area contributed by atoms with E-state index in [0.29, 0.717) is 19.6 Å². The maximum Gasteiger partial charge on any atom is 0.257 e. The molecule has 1 amide bonds. The van der Waals surface area contributed by atoms with Gasteiger partial charge in [-0.15, -0.1) is 0 Å². The number of hydrogen-bond donors (Lipinski definition) is 0. The van der Waals surface area contributed by atoms with E-state index in [1.165, 1.54) is 6.07 Å². The van der Waals surface area contributed by atoms with Crippen LogP contribution in [-0.4, -0.2) is 51.7 Å². The van der Waals surface area contributed by atoms with Crippen molar-refractivity contribution in [1.82, 2.24) is 19.6 Å². The first-order valence-electron chi connectivity index (χ1n) is 8.22. The van der Waals surface area contributed by atoms with Crippen LogP contribution in [-0.2, 0) is 13.6 Å². The number of benzene rings is 1. The molecule has 0 unspecified atom stereocenters. The molecule has 128 valence electrons. The summed E-state index contributed by atoms with van der Waals surface area (Å²) in [4.78, 5) is 16.9. The molecule has 2 aromatic rings. The van der Waals surface area contributed by atoms with E-state index in [1.807, 2.05) is 31.9 Å². The molecule has 1 aliphatic heterocycles. The highest BCUT2D eigenvalue weighted by molar-refractivity contribution is 5.96. The Kier molecular flexibility index (Phi) is 4.66. The first-order valence-corrected chi connectivity index (χ1v) is 8.22. The Balaban J connectivity index is 1.61. The van der Waals surface area contributed by atoms with Crippen molar-refractivity contribution in [3.8, 4) is 0 Å². The van der Waals surface area contributed by atoms with Crippen LogP contribution in [0.2, 0.25) is 0 Å².